The van der Waals surface area contributed by atoms with Gasteiger partial charge >= 0.3 is 0 Å². The van der Waals surface area contributed by atoms with E-state index >= 15 is 0 Å². The number of nitrogens with two attached hydrogens (primary N) is 1. The van der Waals surface area contributed by atoms with Crippen molar-refractivity contribution in [3.8, 4) is 0 Å². The summed E-state index contributed by atoms with van der Waals surface area (Å²) in [6, 6.07) is 0. The minimum Gasteiger partial charge on any atom is -0.330 e. The molecule has 0 aromatic rings. The Hall–Kier alpha value is -0.0800. The molecule has 14 heavy (non-hydrogen) atoms. The van der Waals surface area contributed by atoms with E-state index in [-0.39, 0.29) is 0 Å². The third-order valence-corrected chi connectivity index (χ3v) is 3.90. The molecule has 82 valence electrons. The average molecular weight is 196 g/mol. The van der Waals surface area contributed by atoms with Crippen LogP contribution in [0.1, 0.15) is 44.9 Å². The molecule has 0 amide bonds. The van der Waals surface area contributed by atoms with Crippen molar-refractivity contribution in [2.24, 2.45) is 11.1 Å². The molecule has 1 heterocycles. The monoisotopic (exact) mass is 196 g/mol. The maximum atomic E-state index is 5.83. The minimum atomic E-state index is 0.541. The smallest absolute Gasteiger partial charge is 0.00501 e. The molecule has 1 aliphatic heterocycles. The molecule has 0 aromatic carbocycles. The molecule has 2 N–H and O–H groups in total. The van der Waals surface area contributed by atoms with Gasteiger partial charge in [0.15, 0.2) is 0 Å². The van der Waals surface area contributed by atoms with Crippen LogP contribution in [0.5, 0.6) is 0 Å². The number of hydrogen-bond donors (Lipinski definition) is 1. The molecule has 2 rings (SSSR count). The van der Waals surface area contributed by atoms with E-state index < -0.39 is 0 Å². The fraction of sp³-hybridized carbons (Fsp3) is 1.00. The summed E-state index contributed by atoms with van der Waals surface area (Å²) in [5, 5.41) is 0. The lowest BCUT2D eigenvalue weighted by Gasteiger charge is -2.28. The lowest BCUT2D eigenvalue weighted by atomic mass is 10.0. The average Bonchev–Trinajstić information content (AvgIpc) is 2.91. The van der Waals surface area contributed by atoms with Crippen molar-refractivity contribution < 1.29 is 0 Å². The first-order chi connectivity index (χ1) is 6.85. The second kappa shape index (κ2) is 4.63. The van der Waals surface area contributed by atoms with Gasteiger partial charge in [0.25, 0.3) is 0 Å². The van der Waals surface area contributed by atoms with Crippen LogP contribution in [-0.4, -0.2) is 31.1 Å². The number of rotatable bonds is 3. The van der Waals surface area contributed by atoms with Crippen LogP contribution in [-0.2, 0) is 0 Å². The van der Waals surface area contributed by atoms with Gasteiger partial charge in [-0.1, -0.05) is 19.3 Å². The Morgan fingerprint density at radius 1 is 0.929 bits per heavy atom. The van der Waals surface area contributed by atoms with E-state index in [1.54, 1.807) is 0 Å². The summed E-state index contributed by atoms with van der Waals surface area (Å²) < 4.78 is 0. The molecule has 1 saturated heterocycles. The van der Waals surface area contributed by atoms with E-state index in [4.69, 9.17) is 5.73 Å². The minimum absolute atomic E-state index is 0.541. The Balaban J connectivity index is 1.77. The first kappa shape index (κ1) is 10.4. The summed E-state index contributed by atoms with van der Waals surface area (Å²) in [5.74, 6) is 0. The lowest BCUT2D eigenvalue weighted by Crippen LogP contribution is -2.36. The van der Waals surface area contributed by atoms with Crippen molar-refractivity contribution >= 4 is 0 Å². The van der Waals surface area contributed by atoms with Crippen LogP contribution in [0.2, 0.25) is 0 Å². The van der Waals surface area contributed by atoms with E-state index in [0.29, 0.717) is 5.41 Å². The maximum Gasteiger partial charge on any atom is 0.00501 e. The van der Waals surface area contributed by atoms with Crippen molar-refractivity contribution in [2.75, 3.05) is 26.2 Å². The predicted molar refractivity (Wildman–Crippen MR) is 60.2 cm³/mol. The van der Waals surface area contributed by atoms with E-state index in [1.807, 2.05) is 0 Å². The molecular weight excluding hydrogens is 172 g/mol. The molecule has 0 unspecified atom stereocenters. The maximum absolute atomic E-state index is 5.83. The molecule has 1 aliphatic carbocycles. The Morgan fingerprint density at radius 3 is 2.00 bits per heavy atom. The van der Waals surface area contributed by atoms with Crippen molar-refractivity contribution in [3.63, 3.8) is 0 Å². The zero-order chi connectivity index (χ0) is 9.86. The number of nitrogens with zero attached hydrogens (tertiary/aromatic N) is 1. The van der Waals surface area contributed by atoms with Gasteiger partial charge in [0.2, 0.25) is 0 Å². The van der Waals surface area contributed by atoms with Crippen LogP contribution in [0.3, 0.4) is 0 Å². The van der Waals surface area contributed by atoms with Crippen molar-refractivity contribution in [2.45, 2.75) is 44.9 Å². The molecule has 0 atom stereocenters. The molecule has 0 bridgehead atoms. The third-order valence-electron chi connectivity index (χ3n) is 3.90. The zero-order valence-corrected chi connectivity index (χ0v) is 9.30. The largest absolute Gasteiger partial charge is 0.330 e. The van der Waals surface area contributed by atoms with Gasteiger partial charge in [-0.25, -0.2) is 0 Å². The Morgan fingerprint density at radius 2 is 1.50 bits per heavy atom. The summed E-state index contributed by atoms with van der Waals surface area (Å²) in [6.45, 7) is 4.83. The lowest BCUT2D eigenvalue weighted by molar-refractivity contribution is 0.204. The van der Waals surface area contributed by atoms with Crippen LogP contribution >= 0.6 is 0 Å². The predicted octanol–water partition coefficient (Wildman–Crippen LogP) is 1.99. The molecule has 2 fully saturated rings. The molecule has 2 heteroatoms. The van der Waals surface area contributed by atoms with Crippen LogP contribution in [0, 0.1) is 5.41 Å². The van der Waals surface area contributed by atoms with Crippen LogP contribution in [0.25, 0.3) is 0 Å². The van der Waals surface area contributed by atoms with E-state index in [1.165, 1.54) is 64.6 Å². The van der Waals surface area contributed by atoms with Crippen molar-refractivity contribution in [1.82, 2.24) is 4.90 Å². The fourth-order valence-corrected chi connectivity index (χ4v) is 2.55. The van der Waals surface area contributed by atoms with Crippen molar-refractivity contribution in [1.29, 1.82) is 0 Å². The van der Waals surface area contributed by atoms with Crippen LogP contribution in [0.15, 0.2) is 0 Å². The van der Waals surface area contributed by atoms with Crippen LogP contribution < -0.4 is 5.73 Å². The van der Waals surface area contributed by atoms with Gasteiger partial charge in [0, 0.05) is 6.54 Å². The summed E-state index contributed by atoms with van der Waals surface area (Å²) >= 11 is 0. The van der Waals surface area contributed by atoms with E-state index in [0.717, 1.165) is 6.54 Å². The first-order valence-electron chi connectivity index (χ1n) is 6.27. The summed E-state index contributed by atoms with van der Waals surface area (Å²) in [7, 11) is 0. The number of hydrogen-bond acceptors (Lipinski definition) is 2. The zero-order valence-electron chi connectivity index (χ0n) is 9.30. The summed E-state index contributed by atoms with van der Waals surface area (Å²) in [6.07, 6.45) is 9.88. The molecule has 0 aromatic heterocycles. The second-order valence-corrected chi connectivity index (χ2v) is 5.25. The summed E-state index contributed by atoms with van der Waals surface area (Å²) in [4.78, 5) is 2.67. The van der Waals surface area contributed by atoms with Gasteiger partial charge in [-0.05, 0) is 50.7 Å². The van der Waals surface area contributed by atoms with Gasteiger partial charge in [-0.2, -0.15) is 0 Å². The first-order valence-corrected chi connectivity index (χ1v) is 6.27. The molecule has 2 aliphatic rings. The quantitative estimate of drug-likeness (QED) is 0.748. The van der Waals surface area contributed by atoms with Gasteiger partial charge in [0.05, 0.1) is 0 Å². The highest BCUT2D eigenvalue weighted by molar-refractivity contribution is 4.96. The second-order valence-electron chi connectivity index (χ2n) is 5.25. The molecular formula is C12H24N2. The fourth-order valence-electron chi connectivity index (χ4n) is 2.55. The molecule has 1 saturated carbocycles. The molecule has 0 spiro atoms. The number of likely N-dealkylation sites (tertiary alicyclic amines) is 1. The Bertz CT molecular complexity index is 167. The van der Waals surface area contributed by atoms with Crippen molar-refractivity contribution in [3.05, 3.63) is 0 Å². The van der Waals surface area contributed by atoms with E-state index in [2.05, 4.69) is 4.90 Å². The standard InChI is InChI=1S/C12H24N2/c13-10-12(6-7-12)11-14-8-4-2-1-3-5-9-14/h1-11,13H2. The van der Waals surface area contributed by atoms with Gasteiger partial charge in [0.1, 0.15) is 0 Å². The molecule has 2 nitrogen and oxygen atoms in total. The molecule has 0 radical (unpaired) electrons. The van der Waals surface area contributed by atoms with Gasteiger partial charge in [-0.3, -0.25) is 0 Å². The highest BCUT2D eigenvalue weighted by Crippen LogP contribution is 2.45. The van der Waals surface area contributed by atoms with Gasteiger partial charge in [-0.15, -0.1) is 0 Å². The topological polar surface area (TPSA) is 29.3 Å². The normalized spacial score (nSPS) is 28.1. The SMILES string of the molecule is NCC1(CN2CCCCCCC2)CC1. The highest BCUT2D eigenvalue weighted by atomic mass is 15.1. The summed E-state index contributed by atoms with van der Waals surface area (Å²) in [5.41, 5.74) is 6.37. The Labute approximate surface area is 87.8 Å². The third kappa shape index (κ3) is 2.71. The highest BCUT2D eigenvalue weighted by Gasteiger charge is 2.42. The van der Waals surface area contributed by atoms with Crippen LogP contribution in [0.4, 0.5) is 0 Å². The Kier molecular flexibility index (Phi) is 3.45. The van der Waals surface area contributed by atoms with E-state index in [9.17, 15) is 0 Å². The van der Waals surface area contributed by atoms with Gasteiger partial charge < -0.3 is 10.6 Å².